The fraction of sp³-hybridized carbons (Fsp3) is 0.333. The van der Waals surface area contributed by atoms with Crippen LogP contribution in [0.3, 0.4) is 0 Å². The van der Waals surface area contributed by atoms with E-state index in [1.807, 2.05) is 32.0 Å². The van der Waals surface area contributed by atoms with Crippen LogP contribution >= 0.6 is 11.6 Å². The quantitative estimate of drug-likeness (QED) is 0.666. The lowest BCUT2D eigenvalue weighted by atomic mass is 10.0. The molecule has 0 unspecified atom stereocenters. The fourth-order valence-corrected chi connectivity index (χ4v) is 2.42. The molecule has 1 aromatic carbocycles. The van der Waals surface area contributed by atoms with Crippen LogP contribution in [0.1, 0.15) is 36.6 Å². The second-order valence-electron chi connectivity index (χ2n) is 5.16. The van der Waals surface area contributed by atoms with E-state index < -0.39 is 0 Å². The molecule has 0 aliphatic carbocycles. The average molecular weight is 291 g/mol. The minimum absolute atomic E-state index is 0.303. The molecule has 0 amide bonds. The molecule has 106 valence electrons. The van der Waals surface area contributed by atoms with Crippen LogP contribution in [0.4, 0.5) is 5.82 Å². The molecule has 0 radical (unpaired) electrons. The topological polar surface area (TPSA) is 63.8 Å². The van der Waals surface area contributed by atoms with E-state index in [1.165, 1.54) is 0 Å². The standard InChI is InChI=1S/C15H19ClN4/c1-8(2)13-10(4)18-14(19-15(13)20-17)11-6-5-9(3)12(16)7-11/h5-8H,17H2,1-4H3,(H,18,19,20). The van der Waals surface area contributed by atoms with Crippen molar-refractivity contribution in [3.8, 4) is 11.4 Å². The first-order valence-electron chi connectivity index (χ1n) is 6.55. The Morgan fingerprint density at radius 3 is 2.45 bits per heavy atom. The number of benzene rings is 1. The van der Waals surface area contributed by atoms with Gasteiger partial charge in [0.2, 0.25) is 0 Å². The van der Waals surface area contributed by atoms with Gasteiger partial charge in [-0.3, -0.25) is 0 Å². The molecular formula is C15H19ClN4. The molecular weight excluding hydrogens is 272 g/mol. The smallest absolute Gasteiger partial charge is 0.161 e. The lowest BCUT2D eigenvalue weighted by Gasteiger charge is -2.15. The molecule has 0 atom stereocenters. The summed E-state index contributed by atoms with van der Waals surface area (Å²) in [7, 11) is 0. The summed E-state index contributed by atoms with van der Waals surface area (Å²) < 4.78 is 0. The van der Waals surface area contributed by atoms with Gasteiger partial charge < -0.3 is 5.43 Å². The minimum atomic E-state index is 0.303. The monoisotopic (exact) mass is 290 g/mol. The van der Waals surface area contributed by atoms with E-state index in [4.69, 9.17) is 17.4 Å². The highest BCUT2D eigenvalue weighted by atomic mass is 35.5. The number of nitrogens with one attached hydrogen (secondary N) is 1. The van der Waals surface area contributed by atoms with E-state index in [9.17, 15) is 0 Å². The molecule has 0 spiro atoms. The van der Waals surface area contributed by atoms with Gasteiger partial charge in [-0.2, -0.15) is 0 Å². The van der Waals surface area contributed by atoms with Crippen LogP contribution in [0.15, 0.2) is 18.2 Å². The molecule has 1 heterocycles. The van der Waals surface area contributed by atoms with Gasteiger partial charge in [0.05, 0.1) is 0 Å². The summed E-state index contributed by atoms with van der Waals surface area (Å²) in [6, 6.07) is 5.80. The van der Waals surface area contributed by atoms with E-state index in [1.54, 1.807) is 0 Å². The minimum Gasteiger partial charge on any atom is -0.308 e. The van der Waals surface area contributed by atoms with Gasteiger partial charge in [-0.25, -0.2) is 15.8 Å². The van der Waals surface area contributed by atoms with Crippen LogP contribution in [-0.2, 0) is 0 Å². The van der Waals surface area contributed by atoms with E-state index in [0.717, 1.165) is 22.4 Å². The van der Waals surface area contributed by atoms with Crippen LogP contribution in [0.5, 0.6) is 0 Å². The average Bonchev–Trinajstić information content (AvgIpc) is 2.40. The maximum Gasteiger partial charge on any atom is 0.161 e. The largest absolute Gasteiger partial charge is 0.308 e. The number of rotatable bonds is 3. The van der Waals surface area contributed by atoms with Crippen molar-refractivity contribution in [1.29, 1.82) is 0 Å². The van der Waals surface area contributed by atoms with Crippen molar-refractivity contribution in [1.82, 2.24) is 9.97 Å². The van der Waals surface area contributed by atoms with Gasteiger partial charge in [-0.1, -0.05) is 37.6 Å². The maximum absolute atomic E-state index is 6.16. The van der Waals surface area contributed by atoms with Crippen molar-refractivity contribution in [2.24, 2.45) is 5.84 Å². The Morgan fingerprint density at radius 2 is 1.90 bits per heavy atom. The SMILES string of the molecule is Cc1ccc(-c2nc(C)c(C(C)C)c(NN)n2)cc1Cl. The van der Waals surface area contributed by atoms with Crippen molar-refractivity contribution in [2.75, 3.05) is 5.43 Å². The van der Waals surface area contributed by atoms with Crippen LogP contribution in [0, 0.1) is 13.8 Å². The van der Waals surface area contributed by atoms with Gasteiger partial charge in [0.25, 0.3) is 0 Å². The third kappa shape index (κ3) is 2.76. The van der Waals surface area contributed by atoms with Crippen LogP contribution in [0.2, 0.25) is 5.02 Å². The highest BCUT2D eigenvalue weighted by molar-refractivity contribution is 6.31. The molecule has 0 saturated heterocycles. The lowest BCUT2D eigenvalue weighted by molar-refractivity contribution is 0.832. The number of hydrogen-bond acceptors (Lipinski definition) is 4. The van der Waals surface area contributed by atoms with Crippen molar-refractivity contribution in [3.63, 3.8) is 0 Å². The molecule has 0 saturated carbocycles. The molecule has 0 fully saturated rings. The number of aryl methyl sites for hydroxylation is 2. The summed E-state index contributed by atoms with van der Waals surface area (Å²) in [6.07, 6.45) is 0. The molecule has 4 nitrogen and oxygen atoms in total. The van der Waals surface area contributed by atoms with Crippen molar-refractivity contribution >= 4 is 17.4 Å². The van der Waals surface area contributed by atoms with E-state index in [-0.39, 0.29) is 0 Å². The zero-order valence-corrected chi connectivity index (χ0v) is 12.9. The molecule has 20 heavy (non-hydrogen) atoms. The number of hydrogen-bond donors (Lipinski definition) is 2. The summed E-state index contributed by atoms with van der Waals surface area (Å²) in [4.78, 5) is 9.09. The molecule has 1 aromatic heterocycles. The fourth-order valence-electron chi connectivity index (χ4n) is 2.24. The van der Waals surface area contributed by atoms with Crippen LogP contribution < -0.4 is 11.3 Å². The first-order chi connectivity index (χ1) is 9.43. The van der Waals surface area contributed by atoms with Gasteiger partial charge in [-0.05, 0) is 31.4 Å². The molecule has 2 aromatic rings. The highest BCUT2D eigenvalue weighted by Crippen LogP contribution is 2.29. The third-order valence-electron chi connectivity index (χ3n) is 3.28. The second kappa shape index (κ2) is 5.77. The lowest BCUT2D eigenvalue weighted by Crippen LogP contribution is -2.14. The maximum atomic E-state index is 6.16. The number of aromatic nitrogens is 2. The predicted octanol–water partition coefficient (Wildman–Crippen LogP) is 3.82. The predicted molar refractivity (Wildman–Crippen MR) is 83.9 cm³/mol. The van der Waals surface area contributed by atoms with E-state index in [2.05, 4.69) is 29.2 Å². The number of halogens is 1. The highest BCUT2D eigenvalue weighted by Gasteiger charge is 2.15. The van der Waals surface area contributed by atoms with Crippen LogP contribution in [-0.4, -0.2) is 9.97 Å². The van der Waals surface area contributed by atoms with Gasteiger partial charge in [-0.15, -0.1) is 0 Å². The second-order valence-corrected chi connectivity index (χ2v) is 5.57. The number of anilines is 1. The number of nitrogens with zero attached hydrogens (tertiary/aromatic N) is 2. The van der Waals surface area contributed by atoms with Gasteiger partial charge >= 0.3 is 0 Å². The summed E-state index contributed by atoms with van der Waals surface area (Å²) in [5.41, 5.74) is 6.55. The molecule has 5 heteroatoms. The zero-order valence-electron chi connectivity index (χ0n) is 12.2. The Balaban J connectivity index is 2.58. The van der Waals surface area contributed by atoms with Crippen LogP contribution in [0.25, 0.3) is 11.4 Å². The first-order valence-corrected chi connectivity index (χ1v) is 6.93. The van der Waals surface area contributed by atoms with Crippen molar-refractivity contribution < 1.29 is 0 Å². The van der Waals surface area contributed by atoms with Gasteiger partial charge in [0.15, 0.2) is 5.82 Å². The summed E-state index contributed by atoms with van der Waals surface area (Å²) in [5.74, 6) is 7.19. The normalized spacial score (nSPS) is 10.9. The Kier molecular flexibility index (Phi) is 4.26. The molecule has 0 aliphatic rings. The third-order valence-corrected chi connectivity index (χ3v) is 3.69. The Morgan fingerprint density at radius 1 is 1.20 bits per heavy atom. The van der Waals surface area contributed by atoms with E-state index >= 15 is 0 Å². The van der Waals surface area contributed by atoms with E-state index in [0.29, 0.717) is 22.6 Å². The first kappa shape index (κ1) is 14.8. The number of nitrogen functional groups attached to an aromatic ring is 1. The number of nitrogens with two attached hydrogens (primary N) is 1. The Hall–Kier alpha value is -1.65. The molecule has 0 aliphatic heterocycles. The van der Waals surface area contributed by atoms with Gasteiger partial charge in [0.1, 0.15) is 5.82 Å². The summed E-state index contributed by atoms with van der Waals surface area (Å²) in [6.45, 7) is 8.12. The zero-order chi connectivity index (χ0) is 14.9. The molecule has 0 bridgehead atoms. The Labute approximate surface area is 124 Å². The van der Waals surface area contributed by atoms with Gasteiger partial charge in [0, 0.05) is 21.8 Å². The molecule has 2 rings (SSSR count). The number of hydrazine groups is 1. The van der Waals surface area contributed by atoms with Crippen molar-refractivity contribution in [2.45, 2.75) is 33.6 Å². The molecule has 3 N–H and O–H groups in total. The summed E-state index contributed by atoms with van der Waals surface area (Å²) >= 11 is 6.16. The van der Waals surface area contributed by atoms with Crippen molar-refractivity contribution in [3.05, 3.63) is 40.0 Å². The summed E-state index contributed by atoms with van der Waals surface area (Å²) in [5, 5.41) is 0.707. The Bertz CT molecular complexity index is 638.